The average Bonchev–Trinajstić information content (AvgIpc) is 2.20. The fraction of sp³-hybridized carbons (Fsp3) is 1.00. The van der Waals surface area contributed by atoms with E-state index >= 15 is 0 Å². The summed E-state index contributed by atoms with van der Waals surface area (Å²) in [7, 11) is -6.79. The van der Waals surface area contributed by atoms with Gasteiger partial charge in [0.1, 0.15) is 9.84 Å². The normalized spacial score (nSPS) is 13.4. The second-order valence-corrected chi connectivity index (χ2v) is 9.19. The average molecular weight is 300 g/mol. The van der Waals surface area contributed by atoms with E-state index in [0.29, 0.717) is 26.1 Å². The van der Waals surface area contributed by atoms with Gasteiger partial charge in [-0.2, -0.15) is 0 Å². The summed E-state index contributed by atoms with van der Waals surface area (Å²) >= 11 is 0. The fourth-order valence-electron chi connectivity index (χ4n) is 1.40. The summed E-state index contributed by atoms with van der Waals surface area (Å²) in [5, 5.41) is 0. The number of nitrogens with two attached hydrogens (primary N) is 1. The van der Waals surface area contributed by atoms with Crippen LogP contribution in [0.2, 0.25) is 0 Å². The SMILES string of the molecule is CC(C)CN(CCCN)S(=O)(=O)CCS(C)(=O)=O. The monoisotopic (exact) mass is 300 g/mol. The van der Waals surface area contributed by atoms with Crippen LogP contribution in [0.5, 0.6) is 0 Å². The lowest BCUT2D eigenvalue weighted by Gasteiger charge is -2.23. The van der Waals surface area contributed by atoms with E-state index in [-0.39, 0.29) is 17.4 Å². The zero-order chi connectivity index (χ0) is 14.4. The van der Waals surface area contributed by atoms with Crippen molar-refractivity contribution in [2.75, 3.05) is 37.4 Å². The van der Waals surface area contributed by atoms with Gasteiger partial charge in [-0.05, 0) is 18.9 Å². The van der Waals surface area contributed by atoms with E-state index in [4.69, 9.17) is 5.73 Å². The third-order valence-corrected chi connectivity index (χ3v) is 5.33. The highest BCUT2D eigenvalue weighted by atomic mass is 32.2. The van der Waals surface area contributed by atoms with Gasteiger partial charge in [0.25, 0.3) is 0 Å². The zero-order valence-corrected chi connectivity index (χ0v) is 12.9. The van der Waals surface area contributed by atoms with Crippen molar-refractivity contribution in [2.45, 2.75) is 20.3 Å². The predicted molar refractivity (Wildman–Crippen MR) is 73.6 cm³/mol. The third-order valence-electron chi connectivity index (χ3n) is 2.29. The Morgan fingerprint density at radius 3 is 2.06 bits per heavy atom. The molecule has 0 amide bonds. The molecule has 0 aromatic heterocycles. The van der Waals surface area contributed by atoms with E-state index < -0.39 is 19.9 Å². The first-order chi connectivity index (χ1) is 8.08. The number of hydrogen-bond acceptors (Lipinski definition) is 5. The third kappa shape index (κ3) is 8.02. The summed E-state index contributed by atoms with van der Waals surface area (Å²) in [5.41, 5.74) is 5.38. The minimum Gasteiger partial charge on any atom is -0.330 e. The molecule has 0 saturated carbocycles. The van der Waals surface area contributed by atoms with Crippen molar-refractivity contribution in [3.63, 3.8) is 0 Å². The molecule has 0 bridgehead atoms. The Balaban J connectivity index is 4.73. The molecule has 0 saturated heterocycles. The van der Waals surface area contributed by atoms with Crippen LogP contribution in [0.1, 0.15) is 20.3 Å². The molecular formula is C10H24N2O4S2. The lowest BCUT2D eigenvalue weighted by molar-refractivity contribution is 0.365. The molecule has 6 nitrogen and oxygen atoms in total. The maximum atomic E-state index is 12.0. The Hall–Kier alpha value is -0.180. The maximum Gasteiger partial charge on any atom is 0.215 e. The summed E-state index contributed by atoms with van der Waals surface area (Å²) in [6, 6.07) is 0. The van der Waals surface area contributed by atoms with Crippen LogP contribution in [-0.4, -0.2) is 58.5 Å². The number of sulfonamides is 1. The van der Waals surface area contributed by atoms with E-state index in [2.05, 4.69) is 0 Å². The van der Waals surface area contributed by atoms with E-state index in [1.54, 1.807) is 0 Å². The molecule has 0 rings (SSSR count). The highest BCUT2D eigenvalue weighted by Gasteiger charge is 2.23. The molecule has 0 aromatic rings. The van der Waals surface area contributed by atoms with E-state index in [9.17, 15) is 16.8 Å². The second-order valence-electron chi connectivity index (χ2n) is 4.84. The van der Waals surface area contributed by atoms with E-state index in [1.165, 1.54) is 4.31 Å². The lowest BCUT2D eigenvalue weighted by Crippen LogP contribution is -2.38. The maximum absolute atomic E-state index is 12.0. The lowest BCUT2D eigenvalue weighted by atomic mass is 10.2. The van der Waals surface area contributed by atoms with Gasteiger partial charge in [-0.25, -0.2) is 21.1 Å². The summed E-state index contributed by atoms with van der Waals surface area (Å²) in [4.78, 5) is 0. The van der Waals surface area contributed by atoms with Crippen molar-refractivity contribution in [3.8, 4) is 0 Å². The standard InChI is InChI=1S/C10H24N2O4S2/c1-10(2)9-12(6-4-5-11)18(15,16)8-7-17(3,13)14/h10H,4-9,11H2,1-3H3. The number of sulfone groups is 1. The molecule has 0 aliphatic rings. The Labute approximate surface area is 111 Å². The Morgan fingerprint density at radius 1 is 1.11 bits per heavy atom. The first-order valence-electron chi connectivity index (χ1n) is 5.94. The molecule has 0 aromatic carbocycles. The Morgan fingerprint density at radius 2 is 1.67 bits per heavy atom. The van der Waals surface area contributed by atoms with Crippen LogP contribution < -0.4 is 5.73 Å². The van der Waals surface area contributed by atoms with Gasteiger partial charge < -0.3 is 5.73 Å². The highest BCUT2D eigenvalue weighted by Crippen LogP contribution is 2.08. The quantitative estimate of drug-likeness (QED) is 0.628. The van der Waals surface area contributed by atoms with Crippen molar-refractivity contribution in [1.82, 2.24) is 4.31 Å². The first kappa shape index (κ1) is 17.8. The van der Waals surface area contributed by atoms with Gasteiger partial charge in [0.05, 0.1) is 11.5 Å². The van der Waals surface area contributed by atoms with Crippen LogP contribution >= 0.6 is 0 Å². The first-order valence-corrected chi connectivity index (χ1v) is 9.61. The minimum absolute atomic E-state index is 0.191. The molecule has 8 heteroatoms. The largest absolute Gasteiger partial charge is 0.330 e. The van der Waals surface area contributed by atoms with Crippen LogP contribution in [0.15, 0.2) is 0 Å². The van der Waals surface area contributed by atoms with Gasteiger partial charge in [-0.3, -0.25) is 0 Å². The van der Waals surface area contributed by atoms with Crippen LogP contribution in [0, 0.1) is 5.92 Å². The van der Waals surface area contributed by atoms with Crippen LogP contribution in [0.3, 0.4) is 0 Å². The molecule has 0 atom stereocenters. The van der Waals surface area contributed by atoms with E-state index in [1.807, 2.05) is 13.8 Å². The zero-order valence-electron chi connectivity index (χ0n) is 11.3. The summed E-state index contributed by atoms with van der Waals surface area (Å²) in [6.45, 7) is 4.99. The second kappa shape index (κ2) is 7.42. The molecule has 2 N–H and O–H groups in total. The molecule has 0 aliphatic heterocycles. The van der Waals surface area contributed by atoms with Gasteiger partial charge in [-0.1, -0.05) is 13.8 Å². The topological polar surface area (TPSA) is 97.5 Å². The molecule has 110 valence electrons. The summed E-state index contributed by atoms with van der Waals surface area (Å²) in [5.74, 6) is -0.508. The van der Waals surface area contributed by atoms with Gasteiger partial charge in [0, 0.05) is 19.3 Å². The molecule has 18 heavy (non-hydrogen) atoms. The Bertz CT molecular complexity index is 429. The van der Waals surface area contributed by atoms with Crippen molar-refractivity contribution in [2.24, 2.45) is 11.7 Å². The Kier molecular flexibility index (Phi) is 7.34. The molecule has 0 unspecified atom stereocenters. The van der Waals surface area contributed by atoms with Gasteiger partial charge >= 0.3 is 0 Å². The molecule has 0 radical (unpaired) electrons. The smallest absolute Gasteiger partial charge is 0.215 e. The van der Waals surface area contributed by atoms with Gasteiger partial charge in [0.2, 0.25) is 10.0 Å². The van der Waals surface area contributed by atoms with Crippen LogP contribution in [0.25, 0.3) is 0 Å². The molecule has 0 heterocycles. The highest BCUT2D eigenvalue weighted by molar-refractivity contribution is 7.93. The van der Waals surface area contributed by atoms with Crippen molar-refractivity contribution in [3.05, 3.63) is 0 Å². The fourth-order valence-corrected chi connectivity index (χ4v) is 4.65. The van der Waals surface area contributed by atoms with E-state index in [0.717, 1.165) is 6.26 Å². The van der Waals surface area contributed by atoms with Crippen molar-refractivity contribution >= 4 is 19.9 Å². The van der Waals surface area contributed by atoms with Gasteiger partial charge in [0.15, 0.2) is 0 Å². The minimum atomic E-state index is -3.52. The van der Waals surface area contributed by atoms with Crippen LogP contribution in [-0.2, 0) is 19.9 Å². The number of rotatable bonds is 9. The molecular weight excluding hydrogens is 276 g/mol. The number of nitrogens with zero attached hydrogens (tertiary/aromatic N) is 1. The molecule has 0 spiro atoms. The number of hydrogen-bond donors (Lipinski definition) is 1. The van der Waals surface area contributed by atoms with Crippen molar-refractivity contribution in [1.29, 1.82) is 0 Å². The predicted octanol–water partition coefficient (Wildman–Crippen LogP) is -0.332. The molecule has 0 fully saturated rings. The van der Waals surface area contributed by atoms with Crippen molar-refractivity contribution < 1.29 is 16.8 Å². The van der Waals surface area contributed by atoms with Gasteiger partial charge in [-0.15, -0.1) is 0 Å². The summed E-state index contributed by atoms with van der Waals surface area (Å²) in [6.07, 6.45) is 1.61. The van der Waals surface area contributed by atoms with Crippen LogP contribution in [0.4, 0.5) is 0 Å². The summed E-state index contributed by atoms with van der Waals surface area (Å²) < 4.78 is 47.5. The molecule has 0 aliphatic carbocycles.